The van der Waals surface area contributed by atoms with Crippen LogP contribution in [0.3, 0.4) is 0 Å². The van der Waals surface area contributed by atoms with Gasteiger partial charge >= 0.3 is 17.9 Å². The van der Waals surface area contributed by atoms with Crippen LogP contribution < -0.4 is 27.0 Å². The number of carboxylic acids is 3. The maximum Gasteiger partial charge on any atom is 0.320 e. The standard InChI is InChI=1S/C28H47N5O15/c1-18(34)20(3-6-25(38)39)33-27(42)21(4-7-26(40)41)32-24(37)17-48-15-13-46-11-9-31-23(36)16-47-14-12-45-10-8-30-22(35)5-2-19(29)28(43)44/h19-21H,2-17,29H2,1H3,(H,30,35)(H,31,36)(H,32,37)(H,33,42)(H,38,39)(H,40,41)(H,43,44)/t19-,20-,21-/m0/s1. The number of ketones is 1. The Morgan fingerprint density at radius 3 is 1.56 bits per heavy atom. The molecule has 48 heavy (non-hydrogen) atoms. The number of ether oxygens (including phenoxy) is 4. The molecule has 274 valence electrons. The highest BCUT2D eigenvalue weighted by atomic mass is 16.5. The van der Waals surface area contributed by atoms with E-state index >= 15 is 0 Å². The lowest BCUT2D eigenvalue weighted by Crippen LogP contribution is -2.52. The highest BCUT2D eigenvalue weighted by molar-refractivity contribution is 5.92. The molecule has 0 aliphatic rings. The van der Waals surface area contributed by atoms with Gasteiger partial charge in [-0.2, -0.15) is 0 Å². The van der Waals surface area contributed by atoms with Crippen LogP contribution in [0.1, 0.15) is 45.4 Å². The Hall–Kier alpha value is -4.24. The lowest BCUT2D eigenvalue weighted by Gasteiger charge is -2.21. The molecule has 0 aliphatic carbocycles. The van der Waals surface area contributed by atoms with Crippen molar-refractivity contribution in [2.24, 2.45) is 5.73 Å². The average molecular weight is 694 g/mol. The van der Waals surface area contributed by atoms with Gasteiger partial charge < -0.3 is 61.3 Å². The SMILES string of the molecule is CC(=O)[C@H](CCC(=O)O)NC(=O)[C@H](CCC(=O)O)NC(=O)COCCOCCNC(=O)COCCOCCNC(=O)CC[C@H](N)C(=O)O. The van der Waals surface area contributed by atoms with E-state index in [0.29, 0.717) is 0 Å². The van der Waals surface area contributed by atoms with Gasteiger partial charge in [0.05, 0.1) is 45.7 Å². The number of carbonyl (C=O) groups excluding carboxylic acids is 5. The van der Waals surface area contributed by atoms with Crippen LogP contribution >= 0.6 is 0 Å². The number of aliphatic carboxylic acids is 3. The Morgan fingerprint density at radius 2 is 1.06 bits per heavy atom. The van der Waals surface area contributed by atoms with Crippen LogP contribution in [0.5, 0.6) is 0 Å². The Balaban J connectivity index is 4.02. The van der Waals surface area contributed by atoms with Gasteiger partial charge in [0.25, 0.3) is 0 Å². The average Bonchev–Trinajstić information content (AvgIpc) is 3.01. The molecular weight excluding hydrogens is 646 g/mol. The summed E-state index contributed by atoms with van der Waals surface area (Å²) in [4.78, 5) is 92.4. The van der Waals surface area contributed by atoms with Gasteiger partial charge in [0.2, 0.25) is 23.6 Å². The second-order valence-electron chi connectivity index (χ2n) is 10.2. The van der Waals surface area contributed by atoms with Crippen molar-refractivity contribution in [1.82, 2.24) is 21.3 Å². The summed E-state index contributed by atoms with van der Waals surface area (Å²) in [5, 5.41) is 36.3. The van der Waals surface area contributed by atoms with E-state index < -0.39 is 72.6 Å². The summed E-state index contributed by atoms with van der Waals surface area (Å²) in [5.41, 5.74) is 5.32. The van der Waals surface area contributed by atoms with E-state index in [1.165, 1.54) is 6.92 Å². The molecule has 0 aromatic carbocycles. The fourth-order valence-corrected chi connectivity index (χ4v) is 3.53. The van der Waals surface area contributed by atoms with E-state index in [1.807, 2.05) is 0 Å². The summed E-state index contributed by atoms with van der Waals surface area (Å²) in [7, 11) is 0. The normalized spacial score (nSPS) is 12.6. The first-order valence-corrected chi connectivity index (χ1v) is 15.1. The maximum absolute atomic E-state index is 12.6. The number of nitrogens with one attached hydrogen (secondary N) is 4. The van der Waals surface area contributed by atoms with Crippen LogP contribution in [-0.4, -0.2) is 147 Å². The van der Waals surface area contributed by atoms with Crippen molar-refractivity contribution in [3.63, 3.8) is 0 Å². The van der Waals surface area contributed by atoms with Crippen LogP contribution in [0.2, 0.25) is 0 Å². The molecular formula is C28H47N5O15. The number of rotatable bonds is 30. The Labute approximate surface area is 276 Å². The number of amides is 4. The van der Waals surface area contributed by atoms with Gasteiger partial charge in [-0.25, -0.2) is 0 Å². The fraction of sp³-hybridized carbons (Fsp3) is 0.714. The fourth-order valence-electron chi connectivity index (χ4n) is 3.53. The monoisotopic (exact) mass is 693 g/mol. The third-order valence-electron chi connectivity index (χ3n) is 6.10. The van der Waals surface area contributed by atoms with E-state index in [1.54, 1.807) is 0 Å². The molecule has 20 heteroatoms. The highest BCUT2D eigenvalue weighted by Gasteiger charge is 2.26. The van der Waals surface area contributed by atoms with Crippen LogP contribution in [0.25, 0.3) is 0 Å². The van der Waals surface area contributed by atoms with Crippen molar-refractivity contribution in [2.75, 3.05) is 65.9 Å². The molecule has 0 unspecified atom stereocenters. The van der Waals surface area contributed by atoms with Crippen molar-refractivity contribution < 1.29 is 72.6 Å². The van der Waals surface area contributed by atoms with Gasteiger partial charge in [0.15, 0.2) is 5.78 Å². The van der Waals surface area contributed by atoms with Crippen LogP contribution in [0.15, 0.2) is 0 Å². The predicted molar refractivity (Wildman–Crippen MR) is 162 cm³/mol. The molecule has 4 amide bonds. The summed E-state index contributed by atoms with van der Waals surface area (Å²) >= 11 is 0. The van der Waals surface area contributed by atoms with Gasteiger partial charge in [-0.05, 0) is 26.2 Å². The summed E-state index contributed by atoms with van der Waals surface area (Å²) in [6.07, 6.45) is -1.27. The summed E-state index contributed by atoms with van der Waals surface area (Å²) in [6.45, 7) is 1.56. The minimum absolute atomic E-state index is 0.0133. The van der Waals surface area contributed by atoms with Crippen LogP contribution in [0, 0.1) is 0 Å². The van der Waals surface area contributed by atoms with Gasteiger partial charge in [0.1, 0.15) is 25.3 Å². The van der Waals surface area contributed by atoms with Crippen molar-refractivity contribution in [1.29, 1.82) is 0 Å². The summed E-state index contributed by atoms with van der Waals surface area (Å²) in [5.74, 6) is -6.35. The lowest BCUT2D eigenvalue weighted by molar-refractivity contribution is -0.139. The molecule has 0 spiro atoms. The first-order chi connectivity index (χ1) is 22.7. The molecule has 0 heterocycles. The number of hydrogen-bond acceptors (Lipinski definition) is 13. The third-order valence-corrected chi connectivity index (χ3v) is 6.10. The molecule has 0 bridgehead atoms. The number of carboxylic acid groups (broad SMARTS) is 3. The minimum Gasteiger partial charge on any atom is -0.481 e. The molecule has 0 saturated heterocycles. The lowest BCUT2D eigenvalue weighted by atomic mass is 10.1. The number of hydrogen-bond donors (Lipinski definition) is 8. The summed E-state index contributed by atoms with van der Waals surface area (Å²) < 4.78 is 20.9. The quantitative estimate of drug-likeness (QED) is 0.0343. The van der Waals surface area contributed by atoms with E-state index in [-0.39, 0.29) is 97.3 Å². The Kier molecular flexibility index (Phi) is 24.4. The molecule has 0 fully saturated rings. The number of nitrogens with two attached hydrogens (primary N) is 1. The predicted octanol–water partition coefficient (Wildman–Crippen LogP) is -3.23. The van der Waals surface area contributed by atoms with E-state index in [9.17, 15) is 38.4 Å². The van der Waals surface area contributed by atoms with Crippen LogP contribution in [-0.2, 0) is 57.3 Å². The number of carbonyl (C=O) groups is 8. The molecule has 9 N–H and O–H groups in total. The largest absolute Gasteiger partial charge is 0.481 e. The van der Waals surface area contributed by atoms with Crippen molar-refractivity contribution in [2.45, 2.75) is 63.6 Å². The van der Waals surface area contributed by atoms with Gasteiger partial charge in [-0.3, -0.25) is 38.4 Å². The van der Waals surface area contributed by atoms with Gasteiger partial charge in [0, 0.05) is 32.4 Å². The summed E-state index contributed by atoms with van der Waals surface area (Å²) in [6, 6.07) is -3.51. The maximum atomic E-state index is 12.6. The zero-order chi connectivity index (χ0) is 36.3. The van der Waals surface area contributed by atoms with E-state index in [2.05, 4.69) is 21.3 Å². The molecule has 0 rings (SSSR count). The molecule has 20 nitrogen and oxygen atoms in total. The molecule has 0 radical (unpaired) electrons. The van der Waals surface area contributed by atoms with Gasteiger partial charge in [-0.15, -0.1) is 0 Å². The minimum atomic E-state index is -1.30. The van der Waals surface area contributed by atoms with Gasteiger partial charge in [-0.1, -0.05) is 0 Å². The molecule has 0 aromatic rings. The van der Waals surface area contributed by atoms with Crippen molar-refractivity contribution in [3.8, 4) is 0 Å². The highest BCUT2D eigenvalue weighted by Crippen LogP contribution is 2.04. The van der Waals surface area contributed by atoms with E-state index in [0.717, 1.165) is 0 Å². The second-order valence-corrected chi connectivity index (χ2v) is 10.2. The molecule has 0 aliphatic heterocycles. The van der Waals surface area contributed by atoms with Crippen molar-refractivity contribution >= 4 is 47.3 Å². The van der Waals surface area contributed by atoms with Crippen LogP contribution in [0.4, 0.5) is 0 Å². The molecule has 0 saturated carbocycles. The first kappa shape index (κ1) is 43.8. The second kappa shape index (κ2) is 26.8. The van der Waals surface area contributed by atoms with E-state index in [4.69, 9.17) is 40.0 Å². The van der Waals surface area contributed by atoms with Crippen molar-refractivity contribution in [3.05, 3.63) is 0 Å². The Bertz CT molecular complexity index is 1060. The number of Topliss-reactive ketones (excluding diaryl/α,β-unsaturated/α-hetero) is 1. The zero-order valence-electron chi connectivity index (χ0n) is 26.9. The topological polar surface area (TPSA) is 308 Å². The smallest absolute Gasteiger partial charge is 0.320 e. The first-order valence-electron chi connectivity index (χ1n) is 15.1. The zero-order valence-corrected chi connectivity index (χ0v) is 26.9. The molecule has 3 atom stereocenters. The Morgan fingerprint density at radius 1 is 0.583 bits per heavy atom. The molecule has 0 aromatic heterocycles. The third kappa shape index (κ3) is 24.9.